The van der Waals surface area contributed by atoms with Crippen molar-refractivity contribution in [1.29, 1.82) is 0 Å². The van der Waals surface area contributed by atoms with Gasteiger partial charge in [-0.15, -0.1) is 0 Å². The summed E-state index contributed by atoms with van der Waals surface area (Å²) in [5.41, 5.74) is 0.578. The van der Waals surface area contributed by atoms with Crippen molar-refractivity contribution in [2.45, 2.75) is 24.2 Å². The van der Waals surface area contributed by atoms with E-state index in [-0.39, 0.29) is 18.0 Å². The van der Waals surface area contributed by atoms with Crippen LogP contribution in [0, 0.1) is 5.82 Å². The number of rotatable bonds is 3. The van der Waals surface area contributed by atoms with Gasteiger partial charge in [-0.1, -0.05) is 15.9 Å². The van der Waals surface area contributed by atoms with Crippen molar-refractivity contribution in [3.05, 3.63) is 23.8 Å². The molecule has 0 radical (unpaired) electrons. The van der Waals surface area contributed by atoms with Crippen LogP contribution in [-0.2, 0) is 14.9 Å². The molecule has 0 spiro atoms. The molecular weight excluding hydrogens is 305 g/mol. The van der Waals surface area contributed by atoms with Gasteiger partial charge in [0.15, 0.2) is 5.82 Å². The summed E-state index contributed by atoms with van der Waals surface area (Å²) in [6, 6.07) is -0.607. The van der Waals surface area contributed by atoms with Crippen molar-refractivity contribution in [3.8, 4) is 0 Å². The fraction of sp³-hybridized carbons (Fsp3) is 0.364. The van der Waals surface area contributed by atoms with Crippen molar-refractivity contribution in [3.63, 3.8) is 0 Å². The van der Waals surface area contributed by atoms with E-state index in [2.05, 4.69) is 31.5 Å². The van der Waals surface area contributed by atoms with E-state index in [1.165, 1.54) is 12.4 Å². The Morgan fingerprint density at radius 1 is 1.50 bits per heavy atom. The number of aromatic nitrogens is 1. The lowest BCUT2D eigenvalue weighted by molar-refractivity contribution is -0.133. The molecule has 2 heterocycles. The largest absolute Gasteiger partial charge is 0.370 e. The molecule has 0 saturated carbocycles. The van der Waals surface area contributed by atoms with Crippen LogP contribution in [0.3, 0.4) is 0 Å². The zero-order chi connectivity index (χ0) is 13.1. The van der Waals surface area contributed by atoms with Crippen LogP contribution in [0.1, 0.15) is 18.4 Å². The van der Waals surface area contributed by atoms with Crippen molar-refractivity contribution >= 4 is 33.4 Å². The van der Waals surface area contributed by atoms with Gasteiger partial charge >= 0.3 is 0 Å². The summed E-state index contributed by atoms with van der Waals surface area (Å²) >= 11 is 3.16. The van der Waals surface area contributed by atoms with Crippen LogP contribution in [0.2, 0.25) is 0 Å². The predicted octanol–water partition coefficient (Wildman–Crippen LogP) is 1.33. The van der Waals surface area contributed by atoms with Gasteiger partial charge in [0, 0.05) is 23.5 Å². The third-order valence-corrected chi connectivity index (χ3v) is 3.27. The van der Waals surface area contributed by atoms with E-state index < -0.39 is 17.8 Å². The van der Waals surface area contributed by atoms with E-state index in [4.69, 9.17) is 0 Å². The molecule has 2 rings (SSSR count). The molecule has 0 bridgehead atoms. The second-order valence-electron chi connectivity index (χ2n) is 3.94. The van der Waals surface area contributed by atoms with Crippen LogP contribution in [-0.4, -0.2) is 22.8 Å². The van der Waals surface area contributed by atoms with E-state index in [0.29, 0.717) is 17.3 Å². The van der Waals surface area contributed by atoms with Gasteiger partial charge in [-0.05, 0) is 6.42 Å². The Hall–Kier alpha value is -1.50. The molecule has 2 N–H and O–H groups in total. The molecule has 1 aromatic heterocycles. The summed E-state index contributed by atoms with van der Waals surface area (Å²) < 4.78 is 13.9. The lowest BCUT2D eigenvalue weighted by Crippen LogP contribution is -2.47. The zero-order valence-corrected chi connectivity index (χ0v) is 11.0. The van der Waals surface area contributed by atoms with Crippen LogP contribution in [0.5, 0.6) is 0 Å². The Bertz CT molecular complexity index is 495. The van der Waals surface area contributed by atoms with E-state index in [1.807, 2.05) is 0 Å². The highest BCUT2D eigenvalue weighted by Crippen LogP contribution is 2.20. The minimum absolute atomic E-state index is 0.168. The molecule has 1 saturated heterocycles. The quantitative estimate of drug-likeness (QED) is 0.652. The minimum atomic E-state index is -0.607. The van der Waals surface area contributed by atoms with Crippen LogP contribution in [0.15, 0.2) is 12.4 Å². The van der Waals surface area contributed by atoms with Gasteiger partial charge in [-0.2, -0.15) is 0 Å². The van der Waals surface area contributed by atoms with Crippen LogP contribution < -0.4 is 10.6 Å². The number of pyridine rings is 1. The molecule has 1 aliphatic rings. The van der Waals surface area contributed by atoms with Gasteiger partial charge in [-0.25, -0.2) is 4.39 Å². The Labute approximate surface area is 111 Å². The first-order chi connectivity index (χ1) is 8.61. The first kappa shape index (κ1) is 12.9. The van der Waals surface area contributed by atoms with Crippen LogP contribution in [0.4, 0.5) is 10.1 Å². The van der Waals surface area contributed by atoms with Gasteiger partial charge in [0.1, 0.15) is 6.04 Å². The second kappa shape index (κ2) is 5.43. The van der Waals surface area contributed by atoms with Crippen molar-refractivity contribution < 1.29 is 14.0 Å². The number of imide groups is 1. The van der Waals surface area contributed by atoms with Gasteiger partial charge < -0.3 is 5.32 Å². The van der Waals surface area contributed by atoms with Crippen LogP contribution >= 0.6 is 15.9 Å². The van der Waals surface area contributed by atoms with Crippen molar-refractivity contribution in [2.75, 3.05) is 5.32 Å². The fourth-order valence-electron chi connectivity index (χ4n) is 1.70. The molecule has 7 heteroatoms. The summed E-state index contributed by atoms with van der Waals surface area (Å²) in [7, 11) is 0. The number of carbonyl (C=O) groups excluding carboxylic acids is 2. The molecular formula is C11H11BrFN3O2. The number of hydrogen-bond donors (Lipinski definition) is 2. The molecule has 2 amide bonds. The minimum Gasteiger partial charge on any atom is -0.370 e. The number of anilines is 1. The maximum Gasteiger partial charge on any atom is 0.249 e. The van der Waals surface area contributed by atoms with Crippen LogP contribution in [0.25, 0.3) is 0 Å². The third kappa shape index (κ3) is 2.66. The number of piperidine rings is 1. The Morgan fingerprint density at radius 3 is 2.94 bits per heavy atom. The smallest absolute Gasteiger partial charge is 0.249 e. The highest BCUT2D eigenvalue weighted by molar-refractivity contribution is 9.08. The maximum absolute atomic E-state index is 13.9. The standard InChI is InChI=1S/C11H11BrFN3O2/c12-3-6-4-14-5-8(10(6)13)15-7-1-2-9(17)16-11(7)18/h4-5,7,15H,1-3H2,(H,16,17,18). The second-order valence-corrected chi connectivity index (χ2v) is 4.50. The fourth-order valence-corrected chi connectivity index (χ4v) is 2.09. The molecule has 5 nitrogen and oxygen atoms in total. The van der Waals surface area contributed by atoms with E-state index in [1.54, 1.807) is 0 Å². The predicted molar refractivity (Wildman–Crippen MR) is 66.6 cm³/mol. The van der Waals surface area contributed by atoms with Crippen molar-refractivity contribution in [1.82, 2.24) is 10.3 Å². The third-order valence-electron chi connectivity index (χ3n) is 2.67. The summed E-state index contributed by atoms with van der Waals surface area (Å²) in [4.78, 5) is 26.4. The number of alkyl halides is 1. The summed E-state index contributed by atoms with van der Waals surface area (Å²) in [6.45, 7) is 0. The van der Waals surface area contributed by atoms with Gasteiger partial charge in [0.05, 0.1) is 11.9 Å². The Morgan fingerprint density at radius 2 is 2.28 bits per heavy atom. The highest BCUT2D eigenvalue weighted by Gasteiger charge is 2.27. The molecule has 18 heavy (non-hydrogen) atoms. The molecule has 1 unspecified atom stereocenters. The molecule has 1 aromatic rings. The van der Waals surface area contributed by atoms with Crippen molar-refractivity contribution in [2.24, 2.45) is 0 Å². The molecule has 96 valence electrons. The molecule has 1 aliphatic heterocycles. The Kier molecular flexibility index (Phi) is 3.90. The maximum atomic E-state index is 13.9. The lowest BCUT2D eigenvalue weighted by Gasteiger charge is -2.23. The number of nitrogens with zero attached hydrogens (tertiary/aromatic N) is 1. The first-order valence-corrected chi connectivity index (χ1v) is 6.52. The van der Waals surface area contributed by atoms with E-state index >= 15 is 0 Å². The van der Waals surface area contributed by atoms with E-state index in [0.717, 1.165) is 0 Å². The van der Waals surface area contributed by atoms with Gasteiger partial charge in [0.2, 0.25) is 11.8 Å². The zero-order valence-electron chi connectivity index (χ0n) is 9.37. The number of hydrogen-bond acceptors (Lipinski definition) is 4. The summed E-state index contributed by atoms with van der Waals surface area (Å²) in [5, 5.41) is 5.32. The molecule has 0 aromatic carbocycles. The van der Waals surface area contributed by atoms with Gasteiger partial charge in [-0.3, -0.25) is 19.9 Å². The average molecular weight is 316 g/mol. The normalized spacial score (nSPS) is 19.6. The first-order valence-electron chi connectivity index (χ1n) is 5.40. The van der Waals surface area contributed by atoms with E-state index in [9.17, 15) is 14.0 Å². The monoisotopic (exact) mass is 315 g/mol. The number of carbonyl (C=O) groups is 2. The number of halogens is 2. The summed E-state index contributed by atoms with van der Waals surface area (Å²) in [6.07, 6.45) is 3.34. The summed E-state index contributed by atoms with van der Waals surface area (Å²) in [5.74, 6) is -1.17. The SMILES string of the molecule is O=C1CCC(Nc2cncc(CBr)c2F)C(=O)N1. The lowest BCUT2D eigenvalue weighted by atomic mass is 10.1. The molecule has 1 fully saturated rings. The molecule has 1 atom stereocenters. The number of amides is 2. The number of nitrogens with one attached hydrogen (secondary N) is 2. The topological polar surface area (TPSA) is 71.1 Å². The Balaban J connectivity index is 2.14. The molecule has 0 aliphatic carbocycles. The van der Waals surface area contributed by atoms with Gasteiger partial charge in [0.25, 0.3) is 0 Å². The average Bonchev–Trinajstić information content (AvgIpc) is 2.35. The highest BCUT2D eigenvalue weighted by atomic mass is 79.9.